The van der Waals surface area contributed by atoms with Crippen LogP contribution < -0.4 is 5.73 Å². The lowest BCUT2D eigenvalue weighted by Gasteiger charge is -1.92. The van der Waals surface area contributed by atoms with Gasteiger partial charge in [-0.25, -0.2) is 4.98 Å². The summed E-state index contributed by atoms with van der Waals surface area (Å²) >= 11 is 9.68. The van der Waals surface area contributed by atoms with E-state index in [1.54, 1.807) is 0 Å². The summed E-state index contributed by atoms with van der Waals surface area (Å²) in [5.41, 5.74) is 6.86. The van der Waals surface area contributed by atoms with Gasteiger partial charge >= 0.3 is 0 Å². The van der Waals surface area contributed by atoms with E-state index in [-0.39, 0.29) is 0 Å². The number of H-pyrrole nitrogens is 3. The van der Waals surface area contributed by atoms with Crippen molar-refractivity contribution in [3.63, 3.8) is 0 Å². The molecule has 0 spiro atoms. The summed E-state index contributed by atoms with van der Waals surface area (Å²) in [5.74, 6) is 0.442. The molecule has 2 heterocycles. The predicted octanol–water partition coefficient (Wildman–Crippen LogP) is 1.26. The van der Waals surface area contributed by atoms with Crippen molar-refractivity contribution in [3.05, 3.63) is 9.54 Å². The third-order valence-corrected chi connectivity index (χ3v) is 1.83. The molecule has 0 unspecified atom stereocenters. The van der Waals surface area contributed by atoms with E-state index in [4.69, 9.17) is 30.2 Å². The van der Waals surface area contributed by atoms with Crippen LogP contribution in [0.15, 0.2) is 0 Å². The van der Waals surface area contributed by atoms with Gasteiger partial charge in [0.2, 0.25) is 0 Å². The fraction of sp³-hybridized carbons (Fsp3) is 0. The van der Waals surface area contributed by atoms with Gasteiger partial charge in [-0.05, 0) is 24.4 Å². The molecule has 0 aromatic carbocycles. The van der Waals surface area contributed by atoms with Crippen molar-refractivity contribution in [2.24, 2.45) is 0 Å². The minimum Gasteiger partial charge on any atom is -0.383 e. The average Bonchev–Trinajstić information content (AvgIpc) is 2.29. The number of aromatic amines is 3. The van der Waals surface area contributed by atoms with Crippen LogP contribution in [0.1, 0.15) is 0 Å². The molecule has 2 aromatic rings. The van der Waals surface area contributed by atoms with Gasteiger partial charge in [-0.3, -0.25) is 0 Å². The summed E-state index contributed by atoms with van der Waals surface area (Å²) in [4.78, 5) is 12.4. The number of nitrogens with two attached hydrogens (primary N) is 1. The van der Waals surface area contributed by atoms with E-state index in [1.807, 2.05) is 0 Å². The zero-order valence-electron chi connectivity index (χ0n) is 5.84. The molecule has 2 aromatic heterocycles. The lowest BCUT2D eigenvalue weighted by Crippen LogP contribution is -1.93. The Bertz CT molecular complexity index is 532. The Balaban J connectivity index is 3.07. The molecule has 5 N–H and O–H groups in total. The second-order valence-corrected chi connectivity index (χ2v) is 3.05. The standard InChI is InChI=1S/C5H5N5S2/c6-2-1-3(9-4(11)7-1)10-5(12)8-2/h(H5,6,7,8,9,10,11,12). The van der Waals surface area contributed by atoms with Gasteiger partial charge < -0.3 is 20.7 Å². The number of hydrogen-bond acceptors (Lipinski definition) is 4. The van der Waals surface area contributed by atoms with Crippen LogP contribution in [0.5, 0.6) is 0 Å². The number of nitrogens with zero attached hydrogens (tertiary/aromatic N) is 1. The predicted molar refractivity (Wildman–Crippen MR) is 50.9 cm³/mol. The van der Waals surface area contributed by atoms with E-state index in [2.05, 4.69) is 19.9 Å². The second kappa shape index (κ2) is 2.39. The Morgan fingerprint density at radius 2 is 1.92 bits per heavy atom. The van der Waals surface area contributed by atoms with Crippen molar-refractivity contribution in [3.8, 4) is 0 Å². The third kappa shape index (κ3) is 1.03. The lowest BCUT2D eigenvalue weighted by molar-refractivity contribution is 1.17. The van der Waals surface area contributed by atoms with Crippen molar-refractivity contribution in [1.29, 1.82) is 0 Å². The van der Waals surface area contributed by atoms with E-state index in [9.17, 15) is 0 Å². The first kappa shape index (κ1) is 7.44. The van der Waals surface area contributed by atoms with Crippen LogP contribution in [0.25, 0.3) is 11.2 Å². The maximum atomic E-state index is 5.61. The van der Waals surface area contributed by atoms with Gasteiger partial charge in [-0.1, -0.05) is 0 Å². The zero-order valence-corrected chi connectivity index (χ0v) is 7.47. The number of rotatable bonds is 0. The molecule has 2 rings (SSSR count). The first-order chi connectivity index (χ1) is 5.66. The van der Waals surface area contributed by atoms with E-state index in [0.717, 1.165) is 0 Å². The quantitative estimate of drug-likeness (QED) is 0.481. The molecule has 0 aliphatic heterocycles. The lowest BCUT2D eigenvalue weighted by atomic mass is 10.5. The molecular formula is C5H5N5S2. The minimum absolute atomic E-state index is 0.338. The molecule has 0 saturated carbocycles. The molecule has 0 bridgehead atoms. The average molecular weight is 199 g/mol. The number of nitrogens with one attached hydrogen (secondary N) is 3. The van der Waals surface area contributed by atoms with Crippen LogP contribution in [0.3, 0.4) is 0 Å². The highest BCUT2D eigenvalue weighted by atomic mass is 32.1. The van der Waals surface area contributed by atoms with Crippen molar-refractivity contribution in [2.75, 3.05) is 5.73 Å². The molecular weight excluding hydrogens is 194 g/mol. The Kier molecular flexibility index (Phi) is 1.48. The van der Waals surface area contributed by atoms with Crippen LogP contribution in [0.2, 0.25) is 0 Å². The van der Waals surface area contributed by atoms with Gasteiger partial charge in [0.15, 0.2) is 15.2 Å². The van der Waals surface area contributed by atoms with Crippen LogP contribution in [0.4, 0.5) is 5.82 Å². The third-order valence-electron chi connectivity index (χ3n) is 1.43. The fourth-order valence-corrected chi connectivity index (χ4v) is 1.36. The molecule has 5 nitrogen and oxygen atoms in total. The van der Waals surface area contributed by atoms with Crippen LogP contribution in [-0.2, 0) is 0 Å². The number of hydrogen-bond donors (Lipinski definition) is 4. The number of imidazole rings is 1. The van der Waals surface area contributed by atoms with E-state index in [0.29, 0.717) is 26.5 Å². The highest BCUT2D eigenvalue weighted by Crippen LogP contribution is 2.11. The molecule has 0 aliphatic rings. The molecule has 0 aliphatic carbocycles. The number of nitrogen functional groups attached to an aromatic ring is 1. The van der Waals surface area contributed by atoms with Crippen LogP contribution >= 0.6 is 24.4 Å². The summed E-state index contributed by atoms with van der Waals surface area (Å²) in [7, 11) is 0. The second-order valence-electron chi connectivity index (χ2n) is 2.26. The van der Waals surface area contributed by atoms with Gasteiger partial charge in [0.1, 0.15) is 11.3 Å². The van der Waals surface area contributed by atoms with Crippen LogP contribution in [-0.4, -0.2) is 19.9 Å². The Morgan fingerprint density at radius 3 is 2.67 bits per heavy atom. The largest absolute Gasteiger partial charge is 0.383 e. The normalized spacial score (nSPS) is 10.7. The van der Waals surface area contributed by atoms with Gasteiger partial charge in [0.25, 0.3) is 0 Å². The van der Waals surface area contributed by atoms with Gasteiger partial charge in [-0.2, -0.15) is 0 Å². The molecule has 0 amide bonds. The van der Waals surface area contributed by atoms with Gasteiger partial charge in [-0.15, -0.1) is 0 Å². The maximum absolute atomic E-state index is 5.61. The summed E-state index contributed by atoms with van der Waals surface area (Å²) in [6, 6.07) is 0. The Labute approximate surface area is 77.0 Å². The SMILES string of the molecule is Nc1[nH]c(=S)nc2[nH]c(=S)[nH]c12. The minimum atomic E-state index is 0.338. The Hall–Kier alpha value is -1.21. The molecule has 0 saturated heterocycles. The monoisotopic (exact) mass is 199 g/mol. The summed E-state index contributed by atoms with van der Waals surface area (Å²) < 4.78 is 0.823. The maximum Gasteiger partial charge on any atom is 0.200 e. The smallest absolute Gasteiger partial charge is 0.200 e. The van der Waals surface area contributed by atoms with Gasteiger partial charge in [0.05, 0.1) is 0 Å². The first-order valence-electron chi connectivity index (χ1n) is 3.14. The number of anilines is 1. The number of aromatic nitrogens is 4. The molecule has 12 heavy (non-hydrogen) atoms. The van der Waals surface area contributed by atoms with E-state index < -0.39 is 0 Å². The van der Waals surface area contributed by atoms with Crippen LogP contribution in [0, 0.1) is 9.54 Å². The highest BCUT2D eigenvalue weighted by molar-refractivity contribution is 7.71. The van der Waals surface area contributed by atoms with E-state index in [1.165, 1.54) is 0 Å². The molecule has 7 heteroatoms. The molecule has 0 fully saturated rings. The Morgan fingerprint density at radius 1 is 1.17 bits per heavy atom. The molecule has 0 atom stereocenters. The topological polar surface area (TPSA) is 86.3 Å². The first-order valence-corrected chi connectivity index (χ1v) is 3.96. The van der Waals surface area contributed by atoms with E-state index >= 15 is 0 Å². The number of fused-ring (bicyclic) bond motifs is 1. The van der Waals surface area contributed by atoms with Crippen molar-refractivity contribution >= 4 is 41.4 Å². The highest BCUT2D eigenvalue weighted by Gasteiger charge is 2.01. The fourth-order valence-electron chi connectivity index (χ4n) is 0.960. The summed E-state index contributed by atoms with van der Waals surface area (Å²) in [6.45, 7) is 0. The van der Waals surface area contributed by atoms with Crippen molar-refractivity contribution in [1.82, 2.24) is 19.9 Å². The summed E-state index contributed by atoms with van der Waals surface area (Å²) in [5, 5.41) is 0. The molecule has 62 valence electrons. The summed E-state index contributed by atoms with van der Waals surface area (Å²) in [6.07, 6.45) is 0. The van der Waals surface area contributed by atoms with Gasteiger partial charge in [0, 0.05) is 0 Å². The van der Waals surface area contributed by atoms with Crippen molar-refractivity contribution < 1.29 is 0 Å². The molecule has 0 radical (unpaired) electrons. The van der Waals surface area contributed by atoms with Crippen molar-refractivity contribution in [2.45, 2.75) is 0 Å². The zero-order chi connectivity index (χ0) is 8.72.